The molecule has 5 rings (SSSR count). The zero-order valence-corrected chi connectivity index (χ0v) is 20.5. The first-order valence-electron chi connectivity index (χ1n) is 11.5. The van der Waals surface area contributed by atoms with Crippen LogP contribution in [0.15, 0.2) is 40.9 Å². The lowest BCUT2D eigenvalue weighted by atomic mass is 9.87. The molecule has 0 atom stereocenters. The van der Waals surface area contributed by atoms with Gasteiger partial charge in [-0.1, -0.05) is 33.6 Å². The zero-order chi connectivity index (χ0) is 22.3. The number of aryl methyl sites for hydroxylation is 1. The van der Waals surface area contributed by atoms with Crippen molar-refractivity contribution in [2.75, 3.05) is 0 Å². The second-order valence-electron chi connectivity index (χ2n) is 9.45. The second-order valence-corrected chi connectivity index (χ2v) is 10.2. The first-order valence-corrected chi connectivity index (χ1v) is 12.3. The van der Waals surface area contributed by atoms with E-state index in [0.29, 0.717) is 0 Å². The van der Waals surface area contributed by atoms with Gasteiger partial charge in [0.1, 0.15) is 0 Å². The molecule has 0 radical (unpaired) electrons. The fourth-order valence-electron chi connectivity index (χ4n) is 4.54. The van der Waals surface area contributed by atoms with E-state index in [4.69, 9.17) is 9.97 Å². The number of hydrogen-bond donors (Lipinski definition) is 2. The monoisotopic (exact) mass is 488 g/mol. The van der Waals surface area contributed by atoms with E-state index in [0.717, 1.165) is 68.6 Å². The third kappa shape index (κ3) is 4.06. The van der Waals surface area contributed by atoms with Gasteiger partial charge in [0.05, 0.1) is 21.6 Å². The smallest absolute Gasteiger partial charge is 0.0798 e. The number of nitrogens with one attached hydrogen (secondary N) is 2. The molecule has 0 fully saturated rings. The summed E-state index contributed by atoms with van der Waals surface area (Å²) in [6.07, 6.45) is 9.74. The number of rotatable bonds is 4. The molecule has 0 amide bonds. The molecule has 2 N–H and O–H groups in total. The van der Waals surface area contributed by atoms with Gasteiger partial charge in [-0.2, -0.15) is 0 Å². The number of unbranched alkanes of at least 4 members (excludes halogenated alkanes) is 2. The summed E-state index contributed by atoms with van der Waals surface area (Å²) in [6.45, 7) is 6.75. The molecule has 3 aromatic rings. The highest BCUT2D eigenvalue weighted by molar-refractivity contribution is 9.10. The lowest BCUT2D eigenvalue weighted by Crippen LogP contribution is -2.15. The molecule has 32 heavy (non-hydrogen) atoms. The Bertz CT molecular complexity index is 1360. The predicted molar refractivity (Wildman–Crippen MR) is 138 cm³/mol. The fraction of sp³-hybridized carbons (Fsp3) is 0.333. The van der Waals surface area contributed by atoms with Gasteiger partial charge < -0.3 is 9.97 Å². The lowest BCUT2D eigenvalue weighted by molar-refractivity contribution is 0.543. The molecule has 4 nitrogen and oxygen atoms in total. The minimum Gasteiger partial charge on any atom is -0.355 e. The van der Waals surface area contributed by atoms with Gasteiger partial charge in [-0.15, -0.1) is 0 Å². The van der Waals surface area contributed by atoms with Crippen LogP contribution in [0.2, 0.25) is 0 Å². The van der Waals surface area contributed by atoms with Gasteiger partial charge in [-0.25, -0.2) is 4.98 Å². The van der Waals surface area contributed by atoms with Gasteiger partial charge >= 0.3 is 0 Å². The van der Waals surface area contributed by atoms with Crippen LogP contribution in [0.4, 0.5) is 0 Å². The van der Waals surface area contributed by atoms with E-state index in [-0.39, 0.29) is 5.41 Å². The van der Waals surface area contributed by atoms with Gasteiger partial charge in [-0.3, -0.25) is 4.98 Å². The van der Waals surface area contributed by atoms with Crippen LogP contribution in [0, 0.1) is 0 Å². The number of aromatic nitrogens is 4. The minimum absolute atomic E-state index is 0.0296. The standard InChI is InChI=1S/C27H29BrN4/c1-4-5-6-7-20-21-11-10-18(30-21)14-17-8-9-19(29-17)15-25-27(2,3)16-24(32-25)26(28)23-13-12-22(20)31-23/h8-15,29-30H,4-7,16H2,1-3H3. The minimum atomic E-state index is -0.0296. The number of halogens is 1. The number of nitrogens with zero attached hydrogens (tertiary/aromatic N) is 2. The normalized spacial score (nSPS) is 14.8. The number of fused-ring (bicyclic) bond motifs is 8. The zero-order valence-electron chi connectivity index (χ0n) is 18.9. The van der Waals surface area contributed by atoms with Crippen molar-refractivity contribution in [1.82, 2.24) is 19.9 Å². The molecule has 0 aliphatic carbocycles. The average Bonchev–Trinajstić information content (AvgIpc) is 3.54. The van der Waals surface area contributed by atoms with Crippen molar-refractivity contribution >= 4 is 50.1 Å². The molecule has 2 aliphatic heterocycles. The highest BCUT2D eigenvalue weighted by Gasteiger charge is 2.30. The molecule has 8 bridgehead atoms. The van der Waals surface area contributed by atoms with Gasteiger partial charge in [0.15, 0.2) is 0 Å². The van der Waals surface area contributed by atoms with E-state index < -0.39 is 0 Å². The molecule has 5 heteroatoms. The van der Waals surface area contributed by atoms with Crippen LogP contribution in [0.5, 0.6) is 0 Å². The summed E-state index contributed by atoms with van der Waals surface area (Å²) in [7, 11) is 0. The SMILES string of the molecule is CCCCCc1c2nc(c(Br)c3nc(cc4ccc(cc5ccc1[nH]5)[nH]4)C(C)(C)C3)C=C2. The fourth-order valence-corrected chi connectivity index (χ4v) is 4.99. The first kappa shape index (κ1) is 21.2. The second kappa shape index (κ2) is 8.36. The van der Waals surface area contributed by atoms with E-state index in [1.807, 2.05) is 0 Å². The highest BCUT2D eigenvalue weighted by Crippen LogP contribution is 2.35. The summed E-state index contributed by atoms with van der Waals surface area (Å²) in [5, 5.41) is 0. The van der Waals surface area contributed by atoms with Crippen LogP contribution >= 0.6 is 15.9 Å². The molecule has 2 aliphatic rings. The maximum absolute atomic E-state index is 5.03. The summed E-state index contributed by atoms with van der Waals surface area (Å²) in [6, 6.07) is 12.9. The van der Waals surface area contributed by atoms with E-state index in [9.17, 15) is 0 Å². The Morgan fingerprint density at radius 3 is 2.44 bits per heavy atom. The third-order valence-electron chi connectivity index (χ3n) is 6.38. The molecule has 0 saturated heterocycles. The molecule has 164 valence electrons. The molecule has 0 unspecified atom stereocenters. The first-order chi connectivity index (χ1) is 15.4. The maximum Gasteiger partial charge on any atom is 0.0798 e. The molecule has 0 saturated carbocycles. The Morgan fingerprint density at radius 1 is 0.906 bits per heavy atom. The Morgan fingerprint density at radius 2 is 1.62 bits per heavy atom. The topological polar surface area (TPSA) is 57.4 Å². The van der Waals surface area contributed by atoms with Crippen LogP contribution < -0.4 is 0 Å². The Balaban J connectivity index is 1.82. The molecule has 0 aromatic carbocycles. The summed E-state index contributed by atoms with van der Waals surface area (Å²) in [5.74, 6) is 0. The summed E-state index contributed by atoms with van der Waals surface area (Å²) < 4.78 is 0.993. The Kier molecular flexibility index (Phi) is 5.54. The van der Waals surface area contributed by atoms with Crippen LogP contribution in [-0.2, 0) is 18.3 Å². The lowest BCUT2D eigenvalue weighted by Gasteiger charge is -2.15. The molecule has 3 aromatic heterocycles. The van der Waals surface area contributed by atoms with Gasteiger partial charge in [-0.05, 0) is 77.3 Å². The van der Waals surface area contributed by atoms with Crippen molar-refractivity contribution in [1.29, 1.82) is 0 Å². The van der Waals surface area contributed by atoms with Gasteiger partial charge in [0.25, 0.3) is 0 Å². The average molecular weight is 489 g/mol. The van der Waals surface area contributed by atoms with E-state index >= 15 is 0 Å². The molecule has 0 spiro atoms. The summed E-state index contributed by atoms with van der Waals surface area (Å²) in [4.78, 5) is 17.2. The summed E-state index contributed by atoms with van der Waals surface area (Å²) >= 11 is 3.83. The highest BCUT2D eigenvalue weighted by atomic mass is 79.9. The van der Waals surface area contributed by atoms with Crippen molar-refractivity contribution in [2.45, 2.75) is 58.3 Å². The Hall–Kier alpha value is -2.66. The number of H-pyrrole nitrogens is 2. The van der Waals surface area contributed by atoms with Gasteiger partial charge in [0.2, 0.25) is 0 Å². The van der Waals surface area contributed by atoms with Crippen molar-refractivity contribution < 1.29 is 0 Å². The van der Waals surface area contributed by atoms with E-state index in [1.165, 1.54) is 18.4 Å². The third-order valence-corrected chi connectivity index (χ3v) is 7.25. The van der Waals surface area contributed by atoms with Crippen LogP contribution in [0.3, 0.4) is 0 Å². The van der Waals surface area contributed by atoms with E-state index in [1.54, 1.807) is 0 Å². The number of aromatic amines is 2. The number of hydrogen-bond acceptors (Lipinski definition) is 2. The quantitative estimate of drug-likeness (QED) is 0.292. The van der Waals surface area contributed by atoms with Crippen LogP contribution in [-0.4, -0.2) is 19.9 Å². The summed E-state index contributed by atoms with van der Waals surface area (Å²) in [5.41, 5.74) is 9.77. The van der Waals surface area contributed by atoms with Crippen molar-refractivity contribution in [3.8, 4) is 0 Å². The van der Waals surface area contributed by atoms with Crippen molar-refractivity contribution in [2.24, 2.45) is 0 Å². The van der Waals surface area contributed by atoms with Crippen molar-refractivity contribution in [3.05, 3.63) is 69.2 Å². The van der Waals surface area contributed by atoms with E-state index in [2.05, 4.69) is 95.2 Å². The Labute approximate surface area is 197 Å². The molecule has 5 heterocycles. The van der Waals surface area contributed by atoms with Gasteiger partial charge in [0, 0.05) is 45.2 Å². The maximum atomic E-state index is 5.03. The van der Waals surface area contributed by atoms with Crippen LogP contribution in [0.1, 0.15) is 68.4 Å². The predicted octanol–water partition coefficient (Wildman–Crippen LogP) is 7.50. The van der Waals surface area contributed by atoms with Crippen molar-refractivity contribution in [3.63, 3.8) is 0 Å². The largest absolute Gasteiger partial charge is 0.355 e. The molecular formula is C27H29BrN4. The molecular weight excluding hydrogens is 460 g/mol. The van der Waals surface area contributed by atoms with Crippen LogP contribution in [0.25, 0.3) is 34.2 Å².